The zero-order valence-electron chi connectivity index (χ0n) is 11.2. The molecule has 1 aromatic carbocycles. The molecule has 0 atom stereocenters. The first kappa shape index (κ1) is 13.3. The quantitative estimate of drug-likeness (QED) is 0.742. The van der Waals surface area contributed by atoms with Crippen LogP contribution in [0.5, 0.6) is 11.8 Å². The fraction of sp³-hybridized carbons (Fsp3) is 0.133. The van der Waals surface area contributed by atoms with Gasteiger partial charge in [-0.2, -0.15) is 0 Å². The average molecular weight is 284 g/mol. The van der Waals surface area contributed by atoms with E-state index in [1.54, 1.807) is 12.1 Å². The highest BCUT2D eigenvalue weighted by molar-refractivity contribution is 5.81. The molecule has 2 aromatic heterocycles. The predicted octanol–water partition coefficient (Wildman–Crippen LogP) is 2.18. The molecular weight excluding hydrogens is 272 g/mol. The number of ether oxygens (including phenoxy) is 1. The van der Waals surface area contributed by atoms with E-state index in [4.69, 9.17) is 14.3 Å². The third-order valence-electron chi connectivity index (χ3n) is 3.00. The lowest BCUT2D eigenvalue weighted by molar-refractivity contribution is 0.280. The molecule has 3 aromatic rings. The summed E-state index contributed by atoms with van der Waals surface area (Å²) in [7, 11) is 0. The minimum Gasteiger partial charge on any atom is -0.424 e. The largest absolute Gasteiger partial charge is 0.424 e. The molecule has 106 valence electrons. The maximum absolute atomic E-state index is 11.4. The molecule has 0 bridgehead atoms. The number of rotatable bonds is 3. The molecule has 6 nitrogen and oxygen atoms in total. The van der Waals surface area contributed by atoms with Gasteiger partial charge in [-0.05, 0) is 24.6 Å². The number of benzene rings is 1. The van der Waals surface area contributed by atoms with Gasteiger partial charge in [-0.25, -0.2) is 14.8 Å². The number of aliphatic hydroxyl groups excluding tert-OH is 1. The molecule has 0 amide bonds. The van der Waals surface area contributed by atoms with Crippen molar-refractivity contribution < 1.29 is 14.3 Å². The smallest absolute Gasteiger partial charge is 0.336 e. The van der Waals surface area contributed by atoms with Crippen molar-refractivity contribution in [1.82, 2.24) is 9.97 Å². The van der Waals surface area contributed by atoms with Crippen molar-refractivity contribution in [2.24, 2.45) is 0 Å². The van der Waals surface area contributed by atoms with Gasteiger partial charge in [0.2, 0.25) is 0 Å². The molecular formula is C15H12N2O4. The van der Waals surface area contributed by atoms with Crippen molar-refractivity contribution in [2.75, 3.05) is 0 Å². The summed E-state index contributed by atoms with van der Waals surface area (Å²) in [5.74, 6) is 0.466. The standard InChI is InChI=1S/C15H12N2O4/c1-9-4-14(19)21-13-5-11(2-3-12(9)13)20-15-16-6-10(8-18)7-17-15/h2-7,18H,8H2,1H3. The second kappa shape index (κ2) is 5.34. The van der Waals surface area contributed by atoms with Gasteiger partial charge >= 0.3 is 11.6 Å². The van der Waals surface area contributed by atoms with Gasteiger partial charge in [0.1, 0.15) is 11.3 Å². The van der Waals surface area contributed by atoms with Crippen LogP contribution in [0.1, 0.15) is 11.1 Å². The molecule has 2 heterocycles. The molecule has 0 unspecified atom stereocenters. The van der Waals surface area contributed by atoms with Gasteiger partial charge in [0.25, 0.3) is 0 Å². The number of hydrogen-bond acceptors (Lipinski definition) is 6. The zero-order chi connectivity index (χ0) is 14.8. The van der Waals surface area contributed by atoms with Crippen molar-refractivity contribution in [3.63, 3.8) is 0 Å². The molecule has 0 spiro atoms. The molecule has 3 rings (SSSR count). The third kappa shape index (κ3) is 2.75. The van der Waals surface area contributed by atoms with Crippen LogP contribution in [0.25, 0.3) is 11.0 Å². The number of aryl methyl sites for hydroxylation is 1. The average Bonchev–Trinajstić information content (AvgIpc) is 2.47. The van der Waals surface area contributed by atoms with Gasteiger partial charge in [-0.15, -0.1) is 0 Å². The predicted molar refractivity (Wildman–Crippen MR) is 75.2 cm³/mol. The second-order valence-electron chi connectivity index (χ2n) is 4.54. The topological polar surface area (TPSA) is 85.5 Å². The number of nitrogens with zero attached hydrogens (tertiary/aromatic N) is 2. The summed E-state index contributed by atoms with van der Waals surface area (Å²) in [5, 5.41) is 9.77. The first-order chi connectivity index (χ1) is 10.2. The van der Waals surface area contributed by atoms with E-state index in [9.17, 15) is 4.79 Å². The first-order valence-corrected chi connectivity index (χ1v) is 6.30. The lowest BCUT2D eigenvalue weighted by atomic mass is 10.1. The highest BCUT2D eigenvalue weighted by Gasteiger charge is 2.06. The zero-order valence-corrected chi connectivity index (χ0v) is 11.2. The van der Waals surface area contributed by atoms with E-state index >= 15 is 0 Å². The molecule has 21 heavy (non-hydrogen) atoms. The fourth-order valence-corrected chi connectivity index (χ4v) is 1.95. The summed E-state index contributed by atoms with van der Waals surface area (Å²) in [4.78, 5) is 19.3. The Hall–Kier alpha value is -2.73. The van der Waals surface area contributed by atoms with E-state index in [0.717, 1.165) is 10.9 Å². The second-order valence-corrected chi connectivity index (χ2v) is 4.54. The van der Waals surface area contributed by atoms with Crippen LogP contribution in [0, 0.1) is 6.92 Å². The van der Waals surface area contributed by atoms with Crippen LogP contribution in [0.2, 0.25) is 0 Å². The van der Waals surface area contributed by atoms with E-state index in [-0.39, 0.29) is 12.6 Å². The highest BCUT2D eigenvalue weighted by Crippen LogP contribution is 2.24. The van der Waals surface area contributed by atoms with Crippen molar-refractivity contribution in [2.45, 2.75) is 13.5 Å². The molecule has 0 saturated carbocycles. The molecule has 6 heteroatoms. The Kier molecular flexibility index (Phi) is 3.37. The Labute approximate surface area is 119 Å². The lowest BCUT2D eigenvalue weighted by Crippen LogP contribution is -1.98. The van der Waals surface area contributed by atoms with E-state index in [0.29, 0.717) is 16.9 Å². The highest BCUT2D eigenvalue weighted by atomic mass is 16.5. The van der Waals surface area contributed by atoms with Crippen LogP contribution in [0.3, 0.4) is 0 Å². The molecule has 0 saturated heterocycles. The SMILES string of the molecule is Cc1cc(=O)oc2cc(Oc3ncc(CO)cn3)ccc12. The molecule has 0 aliphatic heterocycles. The summed E-state index contributed by atoms with van der Waals surface area (Å²) in [6, 6.07) is 6.78. The Morgan fingerprint density at radius 3 is 2.71 bits per heavy atom. The van der Waals surface area contributed by atoms with Crippen LogP contribution in [-0.4, -0.2) is 15.1 Å². The van der Waals surface area contributed by atoms with Crippen LogP contribution in [0.15, 0.2) is 45.9 Å². The van der Waals surface area contributed by atoms with Gasteiger partial charge in [0.15, 0.2) is 0 Å². The van der Waals surface area contributed by atoms with Crippen molar-refractivity contribution >= 4 is 11.0 Å². The number of fused-ring (bicyclic) bond motifs is 1. The summed E-state index contributed by atoms with van der Waals surface area (Å²) in [6.45, 7) is 1.72. The van der Waals surface area contributed by atoms with Gasteiger partial charge in [0, 0.05) is 35.5 Å². The Morgan fingerprint density at radius 1 is 1.24 bits per heavy atom. The van der Waals surface area contributed by atoms with E-state index in [1.165, 1.54) is 18.5 Å². The Bertz CT molecular complexity index is 840. The Balaban J connectivity index is 1.95. The minimum atomic E-state index is -0.402. The van der Waals surface area contributed by atoms with Crippen molar-refractivity contribution in [3.8, 4) is 11.8 Å². The van der Waals surface area contributed by atoms with E-state index in [2.05, 4.69) is 9.97 Å². The van der Waals surface area contributed by atoms with Crippen LogP contribution < -0.4 is 10.4 Å². The Morgan fingerprint density at radius 2 is 2.00 bits per heavy atom. The third-order valence-corrected chi connectivity index (χ3v) is 3.00. The van der Waals surface area contributed by atoms with Crippen LogP contribution in [-0.2, 0) is 6.61 Å². The maximum Gasteiger partial charge on any atom is 0.336 e. The monoisotopic (exact) mass is 284 g/mol. The van der Waals surface area contributed by atoms with Crippen LogP contribution in [0.4, 0.5) is 0 Å². The number of aromatic nitrogens is 2. The van der Waals surface area contributed by atoms with Gasteiger partial charge in [0.05, 0.1) is 6.61 Å². The van der Waals surface area contributed by atoms with Gasteiger partial charge < -0.3 is 14.3 Å². The summed E-state index contributed by atoms with van der Waals surface area (Å²) in [6.07, 6.45) is 2.96. The van der Waals surface area contributed by atoms with Gasteiger partial charge in [-0.1, -0.05) is 0 Å². The summed E-state index contributed by atoms with van der Waals surface area (Å²) < 4.78 is 10.6. The molecule has 0 fully saturated rings. The fourth-order valence-electron chi connectivity index (χ4n) is 1.95. The normalized spacial score (nSPS) is 10.8. The molecule has 1 N–H and O–H groups in total. The number of hydrogen-bond donors (Lipinski definition) is 1. The first-order valence-electron chi connectivity index (χ1n) is 6.30. The summed E-state index contributed by atoms with van der Waals surface area (Å²) >= 11 is 0. The molecule has 0 radical (unpaired) electrons. The maximum atomic E-state index is 11.4. The lowest BCUT2D eigenvalue weighted by Gasteiger charge is -2.05. The summed E-state index contributed by atoms with van der Waals surface area (Å²) in [5.41, 5.74) is 1.49. The van der Waals surface area contributed by atoms with E-state index in [1.807, 2.05) is 13.0 Å². The minimum absolute atomic E-state index is 0.124. The molecule has 0 aliphatic carbocycles. The van der Waals surface area contributed by atoms with Crippen molar-refractivity contribution in [1.29, 1.82) is 0 Å². The van der Waals surface area contributed by atoms with Crippen LogP contribution >= 0.6 is 0 Å². The number of aliphatic hydroxyl groups is 1. The van der Waals surface area contributed by atoms with Gasteiger partial charge in [-0.3, -0.25) is 0 Å². The molecule has 0 aliphatic rings. The van der Waals surface area contributed by atoms with Crippen molar-refractivity contribution in [3.05, 3.63) is 58.2 Å². The van der Waals surface area contributed by atoms with E-state index < -0.39 is 5.63 Å².